The summed E-state index contributed by atoms with van der Waals surface area (Å²) in [5.41, 5.74) is 6.00. The van der Waals surface area contributed by atoms with Crippen LogP contribution in [0.3, 0.4) is 0 Å². The van der Waals surface area contributed by atoms with Crippen molar-refractivity contribution in [3.8, 4) is 11.5 Å². The van der Waals surface area contributed by atoms with Gasteiger partial charge in [0.2, 0.25) is 5.17 Å². The van der Waals surface area contributed by atoms with Crippen molar-refractivity contribution in [3.05, 3.63) is 65.1 Å². The first-order chi connectivity index (χ1) is 11.8. The fourth-order valence-corrected chi connectivity index (χ4v) is 2.68. The Morgan fingerprint density at radius 2 is 1.56 bits per heavy atom. The van der Waals surface area contributed by atoms with E-state index in [9.17, 15) is 0 Å². The number of benzene rings is 2. The molecule has 2 aromatic carbocycles. The van der Waals surface area contributed by atoms with Crippen LogP contribution in [0.25, 0.3) is 5.70 Å². The third-order valence-electron chi connectivity index (χ3n) is 3.40. The molecule has 0 spiro atoms. The number of hydrazone groups is 1. The van der Waals surface area contributed by atoms with Gasteiger partial charge >= 0.3 is 0 Å². The molecule has 0 atom stereocenters. The zero-order valence-corrected chi connectivity index (χ0v) is 16.2. The number of methoxy groups -OCH3 is 2. The van der Waals surface area contributed by atoms with Crippen molar-refractivity contribution >= 4 is 28.8 Å². The molecule has 0 aliphatic carbocycles. The molecule has 0 fully saturated rings. The smallest absolute Gasteiger partial charge is 0.210 e. The Hall–Kier alpha value is -2.25. The van der Waals surface area contributed by atoms with Crippen molar-refractivity contribution < 1.29 is 26.5 Å². The zero-order chi connectivity index (χ0) is 16.8. The number of aliphatic imine (C=N–C) groups is 1. The number of ether oxygens (including phenoxy) is 2. The second-order valence-corrected chi connectivity index (χ2v) is 5.75. The van der Waals surface area contributed by atoms with E-state index in [0.717, 1.165) is 28.3 Å². The lowest BCUT2D eigenvalue weighted by molar-refractivity contribution is -0.00000536. The van der Waals surface area contributed by atoms with E-state index in [1.807, 2.05) is 53.9 Å². The quantitative estimate of drug-likeness (QED) is 0.743. The fourth-order valence-electron chi connectivity index (χ4n) is 2.05. The molecule has 25 heavy (non-hydrogen) atoms. The largest absolute Gasteiger partial charge is 1.00 e. The topological polar surface area (TPSA) is 55.2 Å². The van der Waals surface area contributed by atoms with E-state index in [1.54, 1.807) is 20.4 Å². The maximum absolute atomic E-state index is 5.16. The lowest BCUT2D eigenvalue weighted by atomic mass is 10.2. The molecule has 1 aliphatic heterocycles. The van der Waals surface area contributed by atoms with Gasteiger partial charge in [0.05, 0.1) is 19.9 Å². The molecule has 0 radical (unpaired) electrons. The molecule has 2 aromatic rings. The Kier molecular flexibility index (Phi) is 7.09. The normalized spacial score (nSPS) is 13.4. The van der Waals surface area contributed by atoms with Crippen molar-refractivity contribution in [2.24, 2.45) is 10.1 Å². The van der Waals surface area contributed by atoms with E-state index in [1.165, 1.54) is 11.8 Å². The molecule has 3 rings (SSSR count). The molecule has 0 aromatic heterocycles. The van der Waals surface area contributed by atoms with Crippen molar-refractivity contribution in [2.75, 3.05) is 14.2 Å². The standard InChI is InChI=1S/C18H17N3O2S.BrH/c1-22-15-7-3-13(4-8-15)11-19-18-21-20-17(12-24-18)14-5-9-16(23-2)10-6-14;/h3-12,20H,1-2H3;1H/p-1/b19-11+;. The van der Waals surface area contributed by atoms with Crippen molar-refractivity contribution in [1.82, 2.24) is 5.43 Å². The highest BCUT2D eigenvalue weighted by Crippen LogP contribution is 2.23. The minimum Gasteiger partial charge on any atom is -1.00 e. The first-order valence-corrected chi connectivity index (χ1v) is 8.19. The predicted octanol–water partition coefficient (Wildman–Crippen LogP) is 0.733. The minimum absolute atomic E-state index is 0. The second-order valence-electron chi connectivity index (χ2n) is 4.92. The number of hydrogen-bond donors (Lipinski definition) is 1. The SMILES string of the molecule is COc1ccc(/C=N/C2=NNC(c3ccc(OC)cc3)=CS2)cc1.[Br-]. The summed E-state index contributed by atoms with van der Waals surface area (Å²) >= 11 is 1.47. The van der Waals surface area contributed by atoms with E-state index < -0.39 is 0 Å². The summed E-state index contributed by atoms with van der Waals surface area (Å²) in [6.07, 6.45) is 1.78. The molecule has 0 bridgehead atoms. The Balaban J connectivity index is 0.00000225. The average molecular weight is 419 g/mol. The summed E-state index contributed by atoms with van der Waals surface area (Å²) in [5, 5.41) is 6.94. The molecule has 0 saturated carbocycles. The minimum atomic E-state index is 0. The number of amidine groups is 1. The van der Waals surface area contributed by atoms with E-state index in [2.05, 4.69) is 15.5 Å². The van der Waals surface area contributed by atoms with Gasteiger partial charge in [0.15, 0.2) is 0 Å². The predicted molar refractivity (Wildman–Crippen MR) is 99.7 cm³/mol. The summed E-state index contributed by atoms with van der Waals surface area (Å²) in [7, 11) is 3.30. The van der Waals surface area contributed by atoms with Gasteiger partial charge < -0.3 is 26.5 Å². The van der Waals surface area contributed by atoms with E-state index >= 15 is 0 Å². The van der Waals surface area contributed by atoms with Gasteiger partial charge in [-0.25, -0.2) is 4.99 Å². The van der Waals surface area contributed by atoms with Crippen LogP contribution in [-0.4, -0.2) is 25.6 Å². The van der Waals surface area contributed by atoms with Crippen LogP contribution in [0.15, 0.2) is 64.0 Å². The van der Waals surface area contributed by atoms with Crippen LogP contribution < -0.4 is 31.9 Å². The van der Waals surface area contributed by atoms with Crippen molar-refractivity contribution in [3.63, 3.8) is 0 Å². The molecular weight excluding hydrogens is 402 g/mol. The lowest BCUT2D eigenvalue weighted by Gasteiger charge is -2.12. The second kappa shape index (κ2) is 9.29. The van der Waals surface area contributed by atoms with Gasteiger partial charge in [-0.3, -0.25) is 5.43 Å². The first kappa shape index (κ1) is 19.1. The number of nitrogens with one attached hydrogen (secondary N) is 1. The Morgan fingerprint density at radius 1 is 0.960 bits per heavy atom. The summed E-state index contributed by atoms with van der Waals surface area (Å²) in [6.45, 7) is 0. The van der Waals surface area contributed by atoms with Gasteiger partial charge in [0.1, 0.15) is 11.5 Å². The Labute approximate surface area is 161 Å². The number of halogens is 1. The van der Waals surface area contributed by atoms with Crippen LogP contribution in [0.5, 0.6) is 11.5 Å². The summed E-state index contributed by atoms with van der Waals surface area (Å²) in [5.74, 6) is 1.65. The first-order valence-electron chi connectivity index (χ1n) is 7.31. The number of hydrogen-bond acceptors (Lipinski definition) is 6. The van der Waals surface area contributed by atoms with Crippen LogP contribution >= 0.6 is 11.8 Å². The monoisotopic (exact) mass is 418 g/mol. The van der Waals surface area contributed by atoms with Crippen molar-refractivity contribution in [2.45, 2.75) is 0 Å². The number of thioether (sulfide) groups is 1. The van der Waals surface area contributed by atoms with Gasteiger partial charge in [-0.2, -0.15) is 0 Å². The maximum Gasteiger partial charge on any atom is 0.210 e. The van der Waals surface area contributed by atoms with E-state index in [-0.39, 0.29) is 17.0 Å². The van der Waals surface area contributed by atoms with E-state index in [0.29, 0.717) is 5.17 Å². The molecule has 7 heteroatoms. The third kappa shape index (κ3) is 5.11. The Bertz CT molecular complexity index is 787. The highest BCUT2D eigenvalue weighted by molar-refractivity contribution is 8.16. The van der Waals surface area contributed by atoms with Crippen LogP contribution in [-0.2, 0) is 0 Å². The van der Waals surface area contributed by atoms with Crippen LogP contribution in [0, 0.1) is 0 Å². The molecule has 130 valence electrons. The van der Waals surface area contributed by atoms with Gasteiger partial charge in [0.25, 0.3) is 0 Å². The van der Waals surface area contributed by atoms with Crippen LogP contribution in [0.2, 0.25) is 0 Å². The summed E-state index contributed by atoms with van der Waals surface area (Å²) in [6, 6.07) is 15.5. The maximum atomic E-state index is 5.16. The third-order valence-corrected chi connectivity index (χ3v) is 4.16. The molecule has 1 aliphatic rings. The van der Waals surface area contributed by atoms with Crippen molar-refractivity contribution in [1.29, 1.82) is 0 Å². The highest BCUT2D eigenvalue weighted by atomic mass is 79.9. The van der Waals surface area contributed by atoms with Gasteiger partial charge in [-0.1, -0.05) is 11.8 Å². The van der Waals surface area contributed by atoms with Crippen LogP contribution in [0.4, 0.5) is 0 Å². The Morgan fingerprint density at radius 3 is 2.08 bits per heavy atom. The van der Waals surface area contributed by atoms with Gasteiger partial charge in [0, 0.05) is 17.2 Å². The molecule has 5 nitrogen and oxygen atoms in total. The molecule has 1 heterocycles. The van der Waals surface area contributed by atoms with Gasteiger partial charge in [-0.05, 0) is 54.1 Å². The number of rotatable bonds is 4. The molecular formula is C18H17BrN3O2S-. The zero-order valence-electron chi connectivity index (χ0n) is 13.8. The van der Waals surface area contributed by atoms with Crippen LogP contribution in [0.1, 0.15) is 11.1 Å². The summed E-state index contributed by atoms with van der Waals surface area (Å²) < 4.78 is 10.3. The number of nitrogens with zero attached hydrogens (tertiary/aromatic N) is 2. The molecule has 1 N–H and O–H groups in total. The van der Waals surface area contributed by atoms with E-state index in [4.69, 9.17) is 9.47 Å². The molecule has 0 saturated heterocycles. The lowest BCUT2D eigenvalue weighted by Crippen LogP contribution is -3.00. The molecule has 0 amide bonds. The van der Waals surface area contributed by atoms with Gasteiger partial charge in [-0.15, -0.1) is 5.10 Å². The highest BCUT2D eigenvalue weighted by Gasteiger charge is 2.08. The summed E-state index contributed by atoms with van der Waals surface area (Å²) in [4.78, 5) is 4.38. The average Bonchev–Trinajstić information content (AvgIpc) is 2.67. The fraction of sp³-hybridized carbons (Fsp3) is 0.111. The molecule has 0 unspecified atom stereocenters.